The predicted octanol–water partition coefficient (Wildman–Crippen LogP) is 3.34. The average Bonchev–Trinajstić information content (AvgIpc) is 2.62. The first kappa shape index (κ1) is 17.7. The molecule has 1 saturated heterocycles. The highest BCUT2D eigenvalue weighted by atomic mass is 35.5. The summed E-state index contributed by atoms with van der Waals surface area (Å²) < 4.78 is 0. The molecule has 2 aromatic rings. The van der Waals surface area contributed by atoms with E-state index in [1.807, 2.05) is 24.3 Å². The molecule has 0 radical (unpaired) electrons. The third-order valence-corrected chi connectivity index (χ3v) is 4.80. The largest absolute Gasteiger partial charge is 0.355 e. The molecule has 1 N–H and O–H groups in total. The van der Waals surface area contributed by atoms with E-state index in [4.69, 9.17) is 11.6 Å². The second-order valence-corrected chi connectivity index (χ2v) is 7.00. The highest BCUT2D eigenvalue weighted by Crippen LogP contribution is 2.20. The van der Waals surface area contributed by atoms with Gasteiger partial charge in [0.15, 0.2) is 0 Å². The fourth-order valence-electron chi connectivity index (χ4n) is 2.94. The fourth-order valence-corrected chi connectivity index (χ4v) is 3.16. The Hall–Kier alpha value is -2.14. The number of anilines is 1. The minimum absolute atomic E-state index is 0.201. The monoisotopic (exact) mass is 358 g/mol. The maximum absolute atomic E-state index is 12.2. The highest BCUT2D eigenvalue weighted by Gasteiger charge is 2.17. The quantitative estimate of drug-likeness (QED) is 0.890. The Balaban J connectivity index is 1.50. The van der Waals surface area contributed by atoms with E-state index in [1.165, 1.54) is 12.8 Å². The molecule has 0 aliphatic carbocycles. The molecule has 2 heterocycles. The molecule has 0 unspecified atom stereocenters. The summed E-state index contributed by atoms with van der Waals surface area (Å²) in [5.74, 6) is 1.42. The van der Waals surface area contributed by atoms with E-state index in [9.17, 15) is 4.79 Å². The van der Waals surface area contributed by atoms with Gasteiger partial charge in [0.2, 0.25) is 0 Å². The van der Waals surface area contributed by atoms with Crippen molar-refractivity contribution < 1.29 is 4.79 Å². The lowest BCUT2D eigenvalue weighted by atomic mass is 9.99. The number of hydrogen-bond donors (Lipinski definition) is 1. The number of hydrogen-bond acceptors (Lipinski definition) is 4. The molecule has 0 atom stereocenters. The molecule has 25 heavy (non-hydrogen) atoms. The number of benzene rings is 1. The second-order valence-electron chi connectivity index (χ2n) is 6.57. The van der Waals surface area contributed by atoms with E-state index in [0.29, 0.717) is 17.3 Å². The second kappa shape index (κ2) is 8.30. The molecule has 1 amide bonds. The lowest BCUT2D eigenvalue weighted by Crippen LogP contribution is -2.33. The summed E-state index contributed by atoms with van der Waals surface area (Å²) in [4.78, 5) is 23.1. The smallest absolute Gasteiger partial charge is 0.271 e. The van der Waals surface area contributed by atoms with Crippen LogP contribution in [0.15, 0.2) is 36.7 Å². The Morgan fingerprint density at radius 1 is 1.28 bits per heavy atom. The molecule has 0 saturated carbocycles. The van der Waals surface area contributed by atoms with Crippen LogP contribution >= 0.6 is 11.6 Å². The van der Waals surface area contributed by atoms with Gasteiger partial charge in [-0.15, -0.1) is 0 Å². The molecule has 1 fully saturated rings. The number of halogens is 1. The highest BCUT2D eigenvalue weighted by molar-refractivity contribution is 6.30. The van der Waals surface area contributed by atoms with Crippen molar-refractivity contribution in [3.05, 3.63) is 52.9 Å². The number of carbonyl (C=O) groups is 1. The van der Waals surface area contributed by atoms with Gasteiger partial charge in [-0.3, -0.25) is 4.79 Å². The average molecular weight is 359 g/mol. The molecule has 6 heteroatoms. The maximum atomic E-state index is 12.2. The first-order chi connectivity index (χ1) is 12.1. The number of carbonyl (C=O) groups excluding carboxylic acids is 1. The van der Waals surface area contributed by atoms with Crippen LogP contribution in [0.2, 0.25) is 5.02 Å². The summed E-state index contributed by atoms with van der Waals surface area (Å²) in [6.45, 7) is 4.81. The molecular weight excluding hydrogens is 336 g/mol. The van der Waals surface area contributed by atoms with Crippen LogP contribution in [-0.4, -0.2) is 35.5 Å². The van der Waals surface area contributed by atoms with E-state index >= 15 is 0 Å². The van der Waals surface area contributed by atoms with Crippen LogP contribution in [-0.2, 0) is 6.42 Å². The van der Waals surface area contributed by atoms with Gasteiger partial charge in [0, 0.05) is 24.7 Å². The van der Waals surface area contributed by atoms with Crippen molar-refractivity contribution in [2.45, 2.75) is 26.2 Å². The van der Waals surface area contributed by atoms with Gasteiger partial charge in [0.25, 0.3) is 5.91 Å². The standard InChI is InChI=1S/C19H23ClN4O/c1-14-6-9-24(10-7-14)18-13-22-17(12-23-18)19(25)21-8-5-15-3-2-4-16(20)11-15/h2-4,11-14H,5-10H2,1H3,(H,21,25). The van der Waals surface area contributed by atoms with E-state index in [2.05, 4.69) is 27.1 Å². The first-order valence-corrected chi connectivity index (χ1v) is 9.09. The lowest BCUT2D eigenvalue weighted by Gasteiger charge is -2.30. The molecule has 132 valence electrons. The SMILES string of the molecule is CC1CCN(c2cnc(C(=O)NCCc3cccc(Cl)c3)cn2)CC1. The zero-order valence-corrected chi connectivity index (χ0v) is 15.2. The fraction of sp³-hybridized carbons (Fsp3) is 0.421. The van der Waals surface area contributed by atoms with Crippen LogP contribution in [0.1, 0.15) is 35.8 Å². The van der Waals surface area contributed by atoms with E-state index < -0.39 is 0 Å². The van der Waals surface area contributed by atoms with E-state index in [-0.39, 0.29) is 5.91 Å². The molecule has 3 rings (SSSR count). The Labute approximate surface area is 153 Å². The van der Waals surface area contributed by atoms with Gasteiger partial charge in [0.05, 0.1) is 12.4 Å². The number of aromatic nitrogens is 2. The van der Waals surface area contributed by atoms with Crippen LogP contribution in [0.3, 0.4) is 0 Å². The normalized spacial score (nSPS) is 15.2. The lowest BCUT2D eigenvalue weighted by molar-refractivity contribution is 0.0949. The first-order valence-electron chi connectivity index (χ1n) is 8.71. The van der Waals surface area contributed by atoms with Gasteiger partial charge in [-0.2, -0.15) is 0 Å². The van der Waals surface area contributed by atoms with Crippen molar-refractivity contribution in [1.29, 1.82) is 0 Å². The molecule has 1 aliphatic heterocycles. The summed E-state index contributed by atoms with van der Waals surface area (Å²) >= 11 is 5.96. The van der Waals surface area contributed by atoms with Crippen molar-refractivity contribution in [1.82, 2.24) is 15.3 Å². The molecule has 1 aromatic heterocycles. The van der Waals surface area contributed by atoms with Gasteiger partial charge in [-0.05, 0) is 42.9 Å². The van der Waals surface area contributed by atoms with Crippen molar-refractivity contribution in [2.75, 3.05) is 24.5 Å². The minimum atomic E-state index is -0.201. The van der Waals surface area contributed by atoms with Gasteiger partial charge in [-0.1, -0.05) is 30.7 Å². The predicted molar refractivity (Wildman–Crippen MR) is 100 cm³/mol. The number of piperidine rings is 1. The summed E-state index contributed by atoms with van der Waals surface area (Å²) in [7, 11) is 0. The molecule has 1 aromatic carbocycles. The summed E-state index contributed by atoms with van der Waals surface area (Å²) in [5, 5.41) is 3.58. The maximum Gasteiger partial charge on any atom is 0.271 e. The topological polar surface area (TPSA) is 58.1 Å². The number of amides is 1. The minimum Gasteiger partial charge on any atom is -0.355 e. The molecular formula is C19H23ClN4O. The molecule has 0 spiro atoms. The molecule has 5 nitrogen and oxygen atoms in total. The third kappa shape index (κ3) is 4.92. The molecule has 1 aliphatic rings. The Morgan fingerprint density at radius 3 is 2.76 bits per heavy atom. The number of nitrogens with zero attached hydrogens (tertiary/aromatic N) is 3. The summed E-state index contributed by atoms with van der Waals surface area (Å²) in [6.07, 6.45) is 6.33. The van der Waals surface area contributed by atoms with E-state index in [1.54, 1.807) is 12.4 Å². The van der Waals surface area contributed by atoms with Crippen LogP contribution < -0.4 is 10.2 Å². The Morgan fingerprint density at radius 2 is 2.08 bits per heavy atom. The van der Waals surface area contributed by atoms with E-state index in [0.717, 1.165) is 36.8 Å². The van der Waals surface area contributed by atoms with Gasteiger partial charge in [-0.25, -0.2) is 9.97 Å². The number of nitrogens with one attached hydrogen (secondary N) is 1. The van der Waals surface area contributed by atoms with Crippen molar-refractivity contribution >= 4 is 23.3 Å². The summed E-state index contributed by atoms with van der Waals surface area (Å²) in [5.41, 5.74) is 1.44. The molecule has 0 bridgehead atoms. The third-order valence-electron chi connectivity index (χ3n) is 4.57. The van der Waals surface area contributed by atoms with Crippen LogP contribution in [0.25, 0.3) is 0 Å². The Bertz CT molecular complexity index is 712. The van der Waals surface area contributed by atoms with Gasteiger partial charge >= 0.3 is 0 Å². The van der Waals surface area contributed by atoms with Crippen molar-refractivity contribution in [3.8, 4) is 0 Å². The zero-order valence-electron chi connectivity index (χ0n) is 14.4. The van der Waals surface area contributed by atoms with Gasteiger partial charge in [0.1, 0.15) is 11.5 Å². The van der Waals surface area contributed by atoms with Crippen LogP contribution in [0, 0.1) is 5.92 Å². The zero-order chi connectivity index (χ0) is 17.6. The van der Waals surface area contributed by atoms with Crippen LogP contribution in [0.5, 0.6) is 0 Å². The van der Waals surface area contributed by atoms with Crippen molar-refractivity contribution in [3.63, 3.8) is 0 Å². The van der Waals surface area contributed by atoms with Gasteiger partial charge < -0.3 is 10.2 Å². The number of rotatable bonds is 5. The van der Waals surface area contributed by atoms with Crippen molar-refractivity contribution in [2.24, 2.45) is 5.92 Å². The van der Waals surface area contributed by atoms with Crippen LogP contribution in [0.4, 0.5) is 5.82 Å². The Kier molecular flexibility index (Phi) is 5.87. The summed E-state index contributed by atoms with van der Waals surface area (Å²) in [6, 6.07) is 7.64.